The number of Topliss-reactive ketones (excluding diaryl/α,β-unsaturated/α-hetero) is 1. The molecule has 0 rings (SSSR count). The van der Waals surface area contributed by atoms with E-state index in [1.54, 1.807) is 0 Å². The van der Waals surface area contributed by atoms with Crippen molar-refractivity contribution in [1.82, 2.24) is 0 Å². The van der Waals surface area contributed by atoms with Gasteiger partial charge in [-0.25, -0.2) is 4.79 Å². The number of rotatable bonds is 7. The highest BCUT2D eigenvalue weighted by atomic mass is 16.5. The van der Waals surface area contributed by atoms with Crippen molar-refractivity contribution in [3.8, 4) is 0 Å². The van der Waals surface area contributed by atoms with Crippen LogP contribution in [0.5, 0.6) is 0 Å². The molecule has 0 aromatic heterocycles. The molecular weight excluding hydrogens is 220 g/mol. The maximum absolute atomic E-state index is 11.1. The summed E-state index contributed by atoms with van der Waals surface area (Å²) in [4.78, 5) is 21.7. The van der Waals surface area contributed by atoms with Crippen molar-refractivity contribution in [3.63, 3.8) is 0 Å². The van der Waals surface area contributed by atoms with Gasteiger partial charge in [-0.15, -0.1) is 0 Å². The molecule has 0 spiro atoms. The molecule has 3 atom stereocenters. The highest BCUT2D eigenvalue weighted by Crippen LogP contribution is 2.01. The van der Waals surface area contributed by atoms with Gasteiger partial charge in [-0.3, -0.25) is 4.79 Å². The first-order valence-electron chi connectivity index (χ1n) is 4.41. The first-order valence-corrected chi connectivity index (χ1v) is 4.41. The molecule has 0 aromatic rings. The lowest BCUT2D eigenvalue weighted by Crippen LogP contribution is -2.45. The number of carbonyl (C=O) groups is 2. The number of aliphatic hydroxyl groups is 4. The van der Waals surface area contributed by atoms with Gasteiger partial charge < -0.3 is 25.2 Å². The normalized spacial score (nSPS) is 16.0. The molecule has 0 saturated heterocycles. The van der Waals surface area contributed by atoms with Gasteiger partial charge in [0.25, 0.3) is 0 Å². The Morgan fingerprint density at radius 1 is 1.31 bits per heavy atom. The maximum Gasteiger partial charge on any atom is 0.330 e. The summed E-state index contributed by atoms with van der Waals surface area (Å²) in [5.74, 6) is -1.84. The molecule has 0 aliphatic carbocycles. The Morgan fingerprint density at radius 2 is 1.88 bits per heavy atom. The Bertz CT molecular complexity index is 263. The molecule has 0 amide bonds. The zero-order chi connectivity index (χ0) is 12.7. The van der Waals surface area contributed by atoms with Crippen LogP contribution in [0.4, 0.5) is 0 Å². The van der Waals surface area contributed by atoms with E-state index in [1.807, 2.05) is 0 Å². The van der Waals surface area contributed by atoms with Crippen LogP contribution in [-0.2, 0) is 14.3 Å². The van der Waals surface area contributed by atoms with Gasteiger partial charge in [-0.2, -0.15) is 0 Å². The molecule has 4 N–H and O–H groups in total. The SMILES string of the molecule is C=CC(=O)OCC(=O)[C@H](O)[C@H](O)[C@H](O)CO. The quantitative estimate of drug-likeness (QED) is 0.280. The molecule has 92 valence electrons. The lowest BCUT2D eigenvalue weighted by atomic mass is 10.1. The Labute approximate surface area is 91.6 Å². The summed E-state index contributed by atoms with van der Waals surface area (Å²) >= 11 is 0. The third kappa shape index (κ3) is 4.49. The number of hydrogen-bond donors (Lipinski definition) is 4. The monoisotopic (exact) mass is 234 g/mol. The Balaban J connectivity index is 4.17. The van der Waals surface area contributed by atoms with Gasteiger partial charge in [0.15, 0.2) is 6.61 Å². The average Bonchev–Trinajstić information content (AvgIpc) is 2.32. The molecule has 7 nitrogen and oxygen atoms in total. The van der Waals surface area contributed by atoms with Crippen molar-refractivity contribution in [1.29, 1.82) is 0 Å². The maximum atomic E-state index is 11.1. The molecule has 0 saturated carbocycles. The van der Waals surface area contributed by atoms with E-state index < -0.39 is 43.3 Å². The van der Waals surface area contributed by atoms with Crippen LogP contribution < -0.4 is 0 Å². The summed E-state index contributed by atoms with van der Waals surface area (Å²) in [6, 6.07) is 0. The molecule has 0 aromatic carbocycles. The van der Waals surface area contributed by atoms with Crippen molar-refractivity contribution >= 4 is 11.8 Å². The number of ether oxygens (including phenoxy) is 1. The molecule has 0 bridgehead atoms. The fourth-order valence-corrected chi connectivity index (χ4v) is 0.795. The van der Waals surface area contributed by atoms with Gasteiger partial charge in [0, 0.05) is 6.08 Å². The van der Waals surface area contributed by atoms with Gasteiger partial charge >= 0.3 is 5.97 Å². The predicted octanol–water partition coefficient (Wildman–Crippen LogP) is -2.64. The molecule has 16 heavy (non-hydrogen) atoms. The van der Waals surface area contributed by atoms with Crippen LogP contribution in [0.25, 0.3) is 0 Å². The molecule has 0 unspecified atom stereocenters. The molecule has 0 fully saturated rings. The van der Waals surface area contributed by atoms with Crippen LogP contribution in [0.15, 0.2) is 12.7 Å². The van der Waals surface area contributed by atoms with Crippen molar-refractivity contribution in [2.75, 3.05) is 13.2 Å². The number of esters is 1. The standard InChI is InChI=1S/C9H14O7/c1-2-7(13)16-4-6(12)9(15)8(14)5(11)3-10/h2,5,8-11,14-15H,1,3-4H2/t5-,8-,9+/m1/s1. The summed E-state index contributed by atoms with van der Waals surface area (Å²) in [6.07, 6.45) is -4.58. The van der Waals surface area contributed by atoms with Crippen LogP contribution in [-0.4, -0.2) is 63.7 Å². The van der Waals surface area contributed by atoms with Gasteiger partial charge in [-0.1, -0.05) is 6.58 Å². The van der Waals surface area contributed by atoms with Crippen molar-refractivity contribution in [2.45, 2.75) is 18.3 Å². The topological polar surface area (TPSA) is 124 Å². The molecular formula is C9H14O7. The van der Waals surface area contributed by atoms with Gasteiger partial charge in [0.1, 0.15) is 18.3 Å². The molecule has 7 heteroatoms. The molecule has 0 heterocycles. The second-order valence-corrected chi connectivity index (χ2v) is 2.96. The van der Waals surface area contributed by atoms with Crippen molar-refractivity contribution in [3.05, 3.63) is 12.7 Å². The summed E-state index contributed by atoms with van der Waals surface area (Å²) in [5.41, 5.74) is 0. The summed E-state index contributed by atoms with van der Waals surface area (Å²) in [7, 11) is 0. The third-order valence-corrected chi connectivity index (χ3v) is 1.76. The van der Waals surface area contributed by atoms with E-state index in [2.05, 4.69) is 11.3 Å². The molecule has 0 aliphatic rings. The first-order chi connectivity index (χ1) is 7.43. The van der Waals surface area contributed by atoms with Gasteiger partial charge in [-0.05, 0) is 0 Å². The van der Waals surface area contributed by atoms with Gasteiger partial charge in [0.2, 0.25) is 5.78 Å². The van der Waals surface area contributed by atoms with Crippen LogP contribution in [0.3, 0.4) is 0 Å². The molecule has 0 aliphatic heterocycles. The Hall–Kier alpha value is -1.28. The number of carbonyl (C=O) groups excluding carboxylic acids is 2. The van der Waals surface area contributed by atoms with Gasteiger partial charge in [0.05, 0.1) is 6.61 Å². The van der Waals surface area contributed by atoms with Crippen LogP contribution in [0.2, 0.25) is 0 Å². The number of aliphatic hydroxyl groups excluding tert-OH is 4. The van der Waals surface area contributed by atoms with Crippen LogP contribution in [0.1, 0.15) is 0 Å². The van der Waals surface area contributed by atoms with Crippen molar-refractivity contribution < 1.29 is 34.8 Å². The minimum Gasteiger partial charge on any atom is -0.454 e. The minimum atomic E-state index is -1.93. The lowest BCUT2D eigenvalue weighted by Gasteiger charge is -2.20. The Morgan fingerprint density at radius 3 is 2.31 bits per heavy atom. The van der Waals surface area contributed by atoms with E-state index in [0.717, 1.165) is 6.08 Å². The second kappa shape index (κ2) is 7.07. The predicted molar refractivity (Wildman–Crippen MR) is 51.3 cm³/mol. The highest BCUT2D eigenvalue weighted by Gasteiger charge is 2.30. The number of hydrogen-bond acceptors (Lipinski definition) is 7. The zero-order valence-corrected chi connectivity index (χ0v) is 8.44. The first kappa shape index (κ1) is 14.7. The van der Waals surface area contributed by atoms with Crippen molar-refractivity contribution in [2.24, 2.45) is 0 Å². The minimum absolute atomic E-state index is 0.749. The van der Waals surface area contributed by atoms with Crippen LogP contribution >= 0.6 is 0 Å². The third-order valence-electron chi connectivity index (χ3n) is 1.76. The second-order valence-electron chi connectivity index (χ2n) is 2.96. The zero-order valence-electron chi connectivity index (χ0n) is 8.44. The van der Waals surface area contributed by atoms with E-state index >= 15 is 0 Å². The highest BCUT2D eigenvalue weighted by molar-refractivity contribution is 5.88. The Kier molecular flexibility index (Phi) is 6.50. The summed E-state index contributed by atoms with van der Waals surface area (Å²) in [6.45, 7) is 1.53. The van der Waals surface area contributed by atoms with E-state index in [9.17, 15) is 14.7 Å². The van der Waals surface area contributed by atoms with Crippen LogP contribution in [0, 0.1) is 0 Å². The van der Waals surface area contributed by atoms with E-state index in [4.69, 9.17) is 15.3 Å². The largest absolute Gasteiger partial charge is 0.454 e. The summed E-state index contributed by atoms with van der Waals surface area (Å²) < 4.78 is 4.32. The lowest BCUT2D eigenvalue weighted by molar-refractivity contribution is -0.152. The fraction of sp³-hybridized carbons (Fsp3) is 0.556. The van der Waals surface area contributed by atoms with E-state index in [1.165, 1.54) is 0 Å². The van der Waals surface area contributed by atoms with E-state index in [-0.39, 0.29) is 0 Å². The number of ketones is 1. The fourth-order valence-electron chi connectivity index (χ4n) is 0.795. The molecule has 0 radical (unpaired) electrons. The summed E-state index contributed by atoms with van der Waals surface area (Å²) in [5, 5.41) is 35.7. The smallest absolute Gasteiger partial charge is 0.330 e. The van der Waals surface area contributed by atoms with E-state index in [0.29, 0.717) is 0 Å². The average molecular weight is 234 g/mol.